The summed E-state index contributed by atoms with van der Waals surface area (Å²) in [6.45, 7) is 6.51. The second-order valence-corrected chi connectivity index (χ2v) is 9.46. The van der Waals surface area contributed by atoms with Gasteiger partial charge in [-0.15, -0.1) is 0 Å². The van der Waals surface area contributed by atoms with E-state index in [9.17, 15) is 14.7 Å². The number of nitrogens with one attached hydrogen (secondary N) is 2. The number of ether oxygens (including phenoxy) is 2. The molecule has 0 saturated heterocycles. The van der Waals surface area contributed by atoms with Crippen LogP contribution in [0, 0.1) is 0 Å². The number of carbonyl (C=O) groups is 2. The Morgan fingerprint density at radius 1 is 0.973 bits per heavy atom. The molecule has 0 heterocycles. The highest BCUT2D eigenvalue weighted by molar-refractivity contribution is 5.91. The van der Waals surface area contributed by atoms with E-state index in [2.05, 4.69) is 10.6 Å². The smallest absolute Gasteiger partial charge is 0.409 e. The third kappa shape index (κ3) is 9.72. The fourth-order valence-corrected chi connectivity index (χ4v) is 3.59. The lowest BCUT2D eigenvalue weighted by atomic mass is 10.0. The summed E-state index contributed by atoms with van der Waals surface area (Å²) in [5.41, 5.74) is 3.79. The van der Waals surface area contributed by atoms with E-state index < -0.39 is 17.8 Å². The van der Waals surface area contributed by atoms with Gasteiger partial charge in [0, 0.05) is 12.1 Å². The van der Waals surface area contributed by atoms with Crippen LogP contribution in [0.5, 0.6) is 5.75 Å². The van der Waals surface area contributed by atoms with Gasteiger partial charge in [0.15, 0.2) is 0 Å². The Kier molecular flexibility index (Phi) is 9.72. The van der Waals surface area contributed by atoms with Crippen molar-refractivity contribution in [3.63, 3.8) is 0 Å². The standard InChI is InChI=1S/C30H34N2O5/c1-30(2,3)37-29(35)31-19-18-22-12-15-25(16-13-22)36-20-8-7-9-23-14-17-26(24-10-5-4-6-11-24)27(21-23)32-28(33)34/h4-7,9-17,21,32H,8,18-20H2,1-3H3,(H,31,35)(H,33,34). The van der Waals surface area contributed by atoms with Crippen molar-refractivity contribution >= 4 is 23.9 Å². The average molecular weight is 503 g/mol. The summed E-state index contributed by atoms with van der Waals surface area (Å²) in [5, 5.41) is 14.5. The average Bonchev–Trinajstić information content (AvgIpc) is 2.84. The van der Waals surface area contributed by atoms with Crippen molar-refractivity contribution in [2.75, 3.05) is 18.5 Å². The number of hydrogen-bond acceptors (Lipinski definition) is 4. The Morgan fingerprint density at radius 3 is 2.38 bits per heavy atom. The van der Waals surface area contributed by atoms with Crippen molar-refractivity contribution in [3.05, 3.63) is 90.0 Å². The van der Waals surface area contributed by atoms with Crippen LogP contribution in [0.4, 0.5) is 15.3 Å². The zero-order valence-corrected chi connectivity index (χ0v) is 21.5. The number of anilines is 1. The number of alkyl carbamates (subject to hydrolysis) is 1. The lowest BCUT2D eigenvalue weighted by Gasteiger charge is -2.19. The predicted octanol–water partition coefficient (Wildman–Crippen LogP) is 6.99. The van der Waals surface area contributed by atoms with Gasteiger partial charge in [0.25, 0.3) is 0 Å². The summed E-state index contributed by atoms with van der Waals surface area (Å²) >= 11 is 0. The topological polar surface area (TPSA) is 96.9 Å². The van der Waals surface area contributed by atoms with Gasteiger partial charge in [0.2, 0.25) is 0 Å². The summed E-state index contributed by atoms with van der Waals surface area (Å²) in [6, 6.07) is 23.2. The van der Waals surface area contributed by atoms with Crippen LogP contribution in [0.2, 0.25) is 0 Å². The third-order valence-corrected chi connectivity index (χ3v) is 5.24. The van der Waals surface area contributed by atoms with E-state index in [1.165, 1.54) is 0 Å². The molecule has 3 rings (SSSR count). The Morgan fingerprint density at radius 2 is 1.70 bits per heavy atom. The van der Waals surface area contributed by atoms with Crippen LogP contribution < -0.4 is 15.4 Å². The lowest BCUT2D eigenvalue weighted by Crippen LogP contribution is -2.33. The molecular formula is C30H34N2O5. The number of hydrogen-bond donors (Lipinski definition) is 3. The molecule has 3 N–H and O–H groups in total. The molecule has 0 unspecified atom stereocenters. The van der Waals surface area contributed by atoms with Crippen molar-refractivity contribution in [1.82, 2.24) is 5.32 Å². The maximum absolute atomic E-state index is 11.7. The fourth-order valence-electron chi connectivity index (χ4n) is 3.59. The normalized spacial score (nSPS) is 11.2. The molecule has 0 fully saturated rings. The second kappa shape index (κ2) is 13.2. The molecular weight excluding hydrogens is 468 g/mol. The van der Waals surface area contributed by atoms with Crippen molar-refractivity contribution in [2.45, 2.75) is 39.2 Å². The van der Waals surface area contributed by atoms with Gasteiger partial charge in [-0.3, -0.25) is 5.32 Å². The summed E-state index contributed by atoms with van der Waals surface area (Å²) in [7, 11) is 0. The van der Waals surface area contributed by atoms with Crippen molar-refractivity contribution < 1.29 is 24.2 Å². The third-order valence-electron chi connectivity index (χ3n) is 5.24. The van der Waals surface area contributed by atoms with Crippen LogP contribution >= 0.6 is 0 Å². The molecule has 0 aliphatic carbocycles. The van der Waals surface area contributed by atoms with E-state index in [1.807, 2.05) is 106 Å². The molecule has 0 aliphatic rings. The lowest BCUT2D eigenvalue weighted by molar-refractivity contribution is 0.0528. The molecule has 37 heavy (non-hydrogen) atoms. The second-order valence-electron chi connectivity index (χ2n) is 9.46. The number of amides is 2. The van der Waals surface area contributed by atoms with Crippen LogP contribution in [-0.4, -0.2) is 36.0 Å². The molecule has 0 spiro atoms. The van der Waals surface area contributed by atoms with Gasteiger partial charge in [-0.25, -0.2) is 9.59 Å². The van der Waals surface area contributed by atoms with E-state index in [4.69, 9.17) is 9.47 Å². The molecule has 0 aliphatic heterocycles. The van der Waals surface area contributed by atoms with E-state index >= 15 is 0 Å². The van der Waals surface area contributed by atoms with E-state index in [0.717, 1.165) is 28.0 Å². The zero-order chi connectivity index (χ0) is 26.7. The molecule has 0 saturated carbocycles. The number of carbonyl (C=O) groups excluding carboxylic acids is 1. The fraction of sp³-hybridized carbons (Fsp3) is 0.267. The maximum atomic E-state index is 11.7. The number of carboxylic acid groups (broad SMARTS) is 1. The van der Waals surface area contributed by atoms with Crippen molar-refractivity contribution in [1.29, 1.82) is 0 Å². The van der Waals surface area contributed by atoms with Gasteiger partial charge in [0.1, 0.15) is 11.4 Å². The summed E-state index contributed by atoms with van der Waals surface area (Å²) in [6.07, 6.45) is 3.83. The molecule has 0 aromatic heterocycles. The molecule has 0 radical (unpaired) electrons. The Balaban J connectivity index is 1.46. The molecule has 3 aromatic rings. The summed E-state index contributed by atoms with van der Waals surface area (Å²) < 4.78 is 11.0. The van der Waals surface area contributed by atoms with Gasteiger partial charge in [-0.1, -0.05) is 66.7 Å². The van der Waals surface area contributed by atoms with Gasteiger partial charge in [-0.2, -0.15) is 0 Å². The van der Waals surface area contributed by atoms with Crippen LogP contribution in [0.1, 0.15) is 38.3 Å². The van der Waals surface area contributed by atoms with E-state index in [1.54, 1.807) is 0 Å². The van der Waals surface area contributed by atoms with Crippen LogP contribution in [-0.2, 0) is 11.2 Å². The Bertz CT molecular complexity index is 1200. The zero-order valence-electron chi connectivity index (χ0n) is 21.5. The Hall–Kier alpha value is -4.26. The maximum Gasteiger partial charge on any atom is 0.409 e. The molecule has 194 valence electrons. The van der Waals surface area contributed by atoms with E-state index in [-0.39, 0.29) is 0 Å². The summed E-state index contributed by atoms with van der Waals surface area (Å²) in [5.74, 6) is 0.775. The first kappa shape index (κ1) is 27.3. The molecule has 3 aromatic carbocycles. The van der Waals surface area contributed by atoms with Crippen LogP contribution in [0.15, 0.2) is 78.9 Å². The van der Waals surface area contributed by atoms with Gasteiger partial charge in [-0.05, 0) is 68.5 Å². The van der Waals surface area contributed by atoms with Gasteiger partial charge < -0.3 is 19.9 Å². The minimum absolute atomic E-state index is 0.415. The number of rotatable bonds is 10. The van der Waals surface area contributed by atoms with Crippen molar-refractivity contribution in [3.8, 4) is 16.9 Å². The minimum atomic E-state index is -1.10. The Labute approximate surface area is 218 Å². The first-order chi connectivity index (χ1) is 17.7. The molecule has 2 amide bonds. The SMILES string of the molecule is CC(C)(C)OC(=O)NCCc1ccc(OCCC=Cc2ccc(-c3ccccc3)c(NC(=O)O)c2)cc1. The van der Waals surface area contributed by atoms with Gasteiger partial charge >= 0.3 is 12.2 Å². The summed E-state index contributed by atoms with van der Waals surface area (Å²) in [4.78, 5) is 23.0. The monoisotopic (exact) mass is 502 g/mol. The van der Waals surface area contributed by atoms with Crippen molar-refractivity contribution in [2.24, 2.45) is 0 Å². The molecule has 0 atom stereocenters. The largest absolute Gasteiger partial charge is 0.493 e. The first-order valence-corrected chi connectivity index (χ1v) is 12.2. The highest BCUT2D eigenvalue weighted by Crippen LogP contribution is 2.29. The number of benzene rings is 3. The minimum Gasteiger partial charge on any atom is -0.493 e. The van der Waals surface area contributed by atoms with E-state index in [0.29, 0.717) is 31.7 Å². The molecule has 7 nitrogen and oxygen atoms in total. The van der Waals surface area contributed by atoms with Crippen LogP contribution in [0.3, 0.4) is 0 Å². The molecule has 7 heteroatoms. The van der Waals surface area contributed by atoms with Gasteiger partial charge in [0.05, 0.1) is 12.3 Å². The van der Waals surface area contributed by atoms with Crippen LogP contribution in [0.25, 0.3) is 17.2 Å². The predicted molar refractivity (Wildman–Crippen MR) is 147 cm³/mol. The quantitative estimate of drug-likeness (QED) is 0.260. The molecule has 0 bridgehead atoms. The highest BCUT2D eigenvalue weighted by Gasteiger charge is 2.15. The first-order valence-electron chi connectivity index (χ1n) is 12.2. The highest BCUT2D eigenvalue weighted by atomic mass is 16.6.